The molecular formula is C31H40N2O10. The summed E-state index contributed by atoms with van der Waals surface area (Å²) >= 11 is 0. The molecule has 0 saturated heterocycles. The number of aldehydes is 1. The van der Waals surface area contributed by atoms with Crippen molar-refractivity contribution in [1.82, 2.24) is 10.4 Å². The lowest BCUT2D eigenvalue weighted by atomic mass is 9.98. The van der Waals surface area contributed by atoms with Gasteiger partial charge in [0.05, 0.1) is 59.3 Å². The molecule has 234 valence electrons. The Kier molecular flexibility index (Phi) is 15.2. The molecule has 0 saturated carbocycles. The van der Waals surface area contributed by atoms with Crippen LogP contribution < -0.4 is 5.32 Å². The van der Waals surface area contributed by atoms with Crippen LogP contribution in [0.1, 0.15) is 36.3 Å². The molecule has 2 amide bonds. The Hall–Kier alpha value is -3.84. The minimum absolute atomic E-state index is 0.0128. The second-order valence-electron chi connectivity index (χ2n) is 9.51. The van der Waals surface area contributed by atoms with E-state index < -0.39 is 18.0 Å². The maximum absolute atomic E-state index is 12.2. The number of carbonyl (C=O) groups excluding carboxylic acids is 4. The van der Waals surface area contributed by atoms with Crippen molar-refractivity contribution in [3.05, 3.63) is 59.7 Å². The molecule has 2 aromatic carbocycles. The van der Waals surface area contributed by atoms with Gasteiger partial charge in [-0.05, 0) is 22.3 Å². The maximum atomic E-state index is 12.2. The van der Waals surface area contributed by atoms with E-state index in [1.807, 2.05) is 24.3 Å². The molecule has 0 aromatic heterocycles. The van der Waals surface area contributed by atoms with Crippen LogP contribution in [0.5, 0.6) is 0 Å². The molecule has 0 bridgehead atoms. The fourth-order valence-electron chi connectivity index (χ4n) is 4.38. The van der Waals surface area contributed by atoms with Crippen LogP contribution in [0, 0.1) is 0 Å². The first-order valence-electron chi connectivity index (χ1n) is 14.3. The lowest BCUT2D eigenvalue weighted by molar-refractivity contribution is -0.193. The van der Waals surface area contributed by atoms with Crippen molar-refractivity contribution in [2.75, 3.05) is 73.1 Å². The van der Waals surface area contributed by atoms with Crippen LogP contribution in [0.15, 0.2) is 48.5 Å². The van der Waals surface area contributed by atoms with Gasteiger partial charge in [0.2, 0.25) is 0 Å². The molecule has 0 fully saturated rings. The highest BCUT2D eigenvalue weighted by Crippen LogP contribution is 2.44. The Balaban J connectivity index is 1.09. The predicted octanol–water partition coefficient (Wildman–Crippen LogP) is 2.88. The second-order valence-corrected chi connectivity index (χ2v) is 9.51. The van der Waals surface area contributed by atoms with E-state index in [1.54, 1.807) is 0 Å². The molecule has 1 aliphatic rings. The Labute approximate surface area is 251 Å². The third-order valence-electron chi connectivity index (χ3n) is 6.49. The topological polar surface area (TPSA) is 139 Å². The fraction of sp³-hybridized carbons (Fsp3) is 0.484. The van der Waals surface area contributed by atoms with E-state index in [9.17, 15) is 19.2 Å². The molecule has 12 heteroatoms. The summed E-state index contributed by atoms with van der Waals surface area (Å²) in [6, 6.07) is 16.4. The zero-order valence-corrected chi connectivity index (χ0v) is 24.5. The first-order chi connectivity index (χ1) is 21.0. The molecule has 2 aromatic rings. The molecule has 1 aliphatic carbocycles. The zero-order valence-electron chi connectivity index (χ0n) is 24.5. The molecule has 0 unspecified atom stereocenters. The highest BCUT2D eigenvalue weighted by molar-refractivity contribution is 5.80. The van der Waals surface area contributed by atoms with Crippen LogP contribution in [-0.4, -0.2) is 102 Å². The third kappa shape index (κ3) is 11.8. The molecule has 0 spiro atoms. The highest BCUT2D eigenvalue weighted by Gasteiger charge is 2.28. The monoisotopic (exact) mass is 600 g/mol. The normalized spacial score (nSPS) is 11.8. The van der Waals surface area contributed by atoms with Gasteiger partial charge in [-0.1, -0.05) is 48.5 Å². The first kappa shape index (κ1) is 33.7. The molecule has 0 aliphatic heterocycles. The van der Waals surface area contributed by atoms with Gasteiger partial charge in [-0.15, -0.1) is 0 Å². The summed E-state index contributed by atoms with van der Waals surface area (Å²) in [6.07, 6.45) is 0.197. The minimum Gasteiger partial charge on any atom is -0.449 e. The van der Waals surface area contributed by atoms with E-state index in [0.29, 0.717) is 59.1 Å². The number of ether oxygens (including phenoxy) is 5. The lowest BCUT2D eigenvalue weighted by Crippen LogP contribution is -2.30. The van der Waals surface area contributed by atoms with E-state index in [-0.39, 0.29) is 38.4 Å². The molecular weight excluding hydrogens is 560 g/mol. The zero-order chi connectivity index (χ0) is 30.7. The van der Waals surface area contributed by atoms with Gasteiger partial charge < -0.3 is 38.6 Å². The lowest BCUT2D eigenvalue weighted by Gasteiger charge is -2.15. The van der Waals surface area contributed by atoms with Crippen LogP contribution in [0.4, 0.5) is 4.79 Å². The van der Waals surface area contributed by atoms with Gasteiger partial charge in [-0.25, -0.2) is 9.59 Å². The van der Waals surface area contributed by atoms with Crippen LogP contribution in [-0.2, 0) is 42.9 Å². The predicted molar refractivity (Wildman–Crippen MR) is 155 cm³/mol. The van der Waals surface area contributed by atoms with Crippen molar-refractivity contribution in [3.63, 3.8) is 0 Å². The van der Waals surface area contributed by atoms with Crippen molar-refractivity contribution in [3.8, 4) is 11.1 Å². The SMILES string of the molecule is CN(OC(=O)CCOCCOCCOCCOCCNC(=O)OCC1c2ccccc2-c2ccccc21)C(=O)CCC=O. The summed E-state index contributed by atoms with van der Waals surface area (Å²) in [5.41, 5.74) is 4.71. The van der Waals surface area contributed by atoms with Gasteiger partial charge in [0.25, 0.3) is 5.91 Å². The van der Waals surface area contributed by atoms with Crippen LogP contribution in [0.25, 0.3) is 11.1 Å². The van der Waals surface area contributed by atoms with Crippen molar-refractivity contribution in [1.29, 1.82) is 0 Å². The average molecular weight is 601 g/mol. The molecule has 3 rings (SSSR count). The van der Waals surface area contributed by atoms with E-state index in [2.05, 4.69) is 29.6 Å². The van der Waals surface area contributed by atoms with Crippen LogP contribution >= 0.6 is 0 Å². The minimum atomic E-state index is -0.605. The molecule has 12 nitrogen and oxygen atoms in total. The van der Waals surface area contributed by atoms with Gasteiger partial charge in [-0.2, -0.15) is 5.06 Å². The quantitative estimate of drug-likeness (QED) is 0.137. The van der Waals surface area contributed by atoms with Gasteiger partial charge >= 0.3 is 12.1 Å². The van der Waals surface area contributed by atoms with Crippen LogP contribution in [0.3, 0.4) is 0 Å². The van der Waals surface area contributed by atoms with Crippen molar-refractivity contribution >= 4 is 24.3 Å². The number of rotatable bonds is 20. The maximum Gasteiger partial charge on any atom is 0.407 e. The Bertz CT molecular complexity index is 1130. The van der Waals surface area contributed by atoms with Gasteiger partial charge in [0, 0.05) is 32.4 Å². The molecule has 43 heavy (non-hydrogen) atoms. The third-order valence-corrected chi connectivity index (χ3v) is 6.49. The summed E-state index contributed by atoms with van der Waals surface area (Å²) in [5, 5.41) is 3.53. The Morgan fingerprint density at radius 2 is 1.30 bits per heavy atom. The number of hydrogen-bond acceptors (Lipinski definition) is 10. The molecule has 0 atom stereocenters. The van der Waals surface area contributed by atoms with Crippen molar-refractivity contribution in [2.45, 2.75) is 25.2 Å². The highest BCUT2D eigenvalue weighted by atomic mass is 16.7. The van der Waals surface area contributed by atoms with E-state index >= 15 is 0 Å². The number of hydroxylamine groups is 2. The summed E-state index contributed by atoms with van der Waals surface area (Å²) < 4.78 is 27.1. The number of nitrogens with zero attached hydrogens (tertiary/aromatic N) is 1. The number of amides is 2. The second kappa shape index (κ2) is 19.4. The number of nitrogens with one attached hydrogen (secondary N) is 1. The summed E-state index contributed by atoms with van der Waals surface area (Å²) in [5.74, 6) is -1.04. The molecule has 1 N–H and O–H groups in total. The summed E-state index contributed by atoms with van der Waals surface area (Å²) in [4.78, 5) is 50.6. The average Bonchev–Trinajstić information content (AvgIpc) is 3.34. The standard InChI is InChI=1S/C31H40N2O10/c1-33(29(35)11-6-14-34)43-30(36)12-15-38-17-19-40-21-22-41-20-18-39-16-13-32-31(37)42-23-28-26-9-4-2-7-24(26)25-8-3-5-10-27(25)28/h2-5,7-10,14,28H,6,11-13,15-23H2,1H3,(H,32,37). The molecule has 0 heterocycles. The number of alkyl carbamates (subject to hydrolysis) is 1. The van der Waals surface area contributed by atoms with Crippen molar-refractivity contribution in [2.24, 2.45) is 0 Å². The fourth-order valence-corrected chi connectivity index (χ4v) is 4.38. The van der Waals surface area contributed by atoms with E-state index in [0.717, 1.165) is 5.06 Å². The number of carbonyl (C=O) groups is 4. The van der Waals surface area contributed by atoms with E-state index in [1.165, 1.54) is 29.3 Å². The Morgan fingerprint density at radius 1 is 0.767 bits per heavy atom. The summed E-state index contributed by atoms with van der Waals surface area (Å²) in [6.45, 7) is 3.21. The van der Waals surface area contributed by atoms with Gasteiger partial charge in [0.15, 0.2) is 0 Å². The summed E-state index contributed by atoms with van der Waals surface area (Å²) in [7, 11) is 1.32. The number of hydrogen-bond donors (Lipinski definition) is 1. The Morgan fingerprint density at radius 3 is 1.88 bits per heavy atom. The van der Waals surface area contributed by atoms with Crippen LogP contribution in [0.2, 0.25) is 0 Å². The van der Waals surface area contributed by atoms with Gasteiger partial charge in [0.1, 0.15) is 12.9 Å². The first-order valence-corrected chi connectivity index (χ1v) is 14.3. The van der Waals surface area contributed by atoms with Crippen molar-refractivity contribution < 1.29 is 47.7 Å². The smallest absolute Gasteiger partial charge is 0.407 e. The van der Waals surface area contributed by atoms with Gasteiger partial charge in [-0.3, -0.25) is 4.79 Å². The van der Waals surface area contributed by atoms with E-state index in [4.69, 9.17) is 28.5 Å². The molecule has 0 radical (unpaired) electrons. The number of fused-ring (bicyclic) bond motifs is 3. The largest absolute Gasteiger partial charge is 0.449 e. The number of benzene rings is 2.